The number of urea groups is 1. The molecule has 1 aliphatic heterocycles. The van der Waals surface area contributed by atoms with E-state index in [1.165, 1.54) is 0 Å². The number of rotatable bonds is 4. The Bertz CT molecular complexity index is 1180. The van der Waals surface area contributed by atoms with E-state index in [0.29, 0.717) is 42.0 Å². The first-order valence-electron chi connectivity index (χ1n) is 13.0. The van der Waals surface area contributed by atoms with Crippen molar-refractivity contribution < 1.29 is 14.3 Å². The molecule has 9 nitrogen and oxygen atoms in total. The van der Waals surface area contributed by atoms with Crippen LogP contribution in [0.25, 0.3) is 16.9 Å². The molecule has 0 spiro atoms. The Morgan fingerprint density at radius 1 is 1.25 bits per heavy atom. The summed E-state index contributed by atoms with van der Waals surface area (Å²) in [5.41, 5.74) is 2.93. The third kappa shape index (κ3) is 5.71. The molecule has 4 rings (SSSR count). The monoisotopic (exact) mass is 494 g/mol. The van der Waals surface area contributed by atoms with Gasteiger partial charge < -0.3 is 24.1 Å². The molecule has 0 saturated carbocycles. The van der Waals surface area contributed by atoms with Gasteiger partial charge in [0.2, 0.25) is 5.65 Å². The number of nitrogens with one attached hydrogen (secondary N) is 1. The molecule has 3 aromatic heterocycles. The first-order valence-corrected chi connectivity index (χ1v) is 13.0. The number of methoxy groups -OCH3 is 1. The fourth-order valence-corrected chi connectivity index (χ4v) is 4.85. The van der Waals surface area contributed by atoms with Crippen LogP contribution in [0.3, 0.4) is 0 Å². The predicted octanol–water partition coefficient (Wildman–Crippen LogP) is 5.26. The lowest BCUT2D eigenvalue weighted by Gasteiger charge is -2.31. The van der Waals surface area contributed by atoms with Crippen LogP contribution in [0.4, 0.5) is 4.79 Å². The SMILES string of the molecule is CCN1C(=O)NC(CC(C)C)CCCCCOc2nc(cn3ccnc23)-c2cc(ncc2OC)[C@H]1C. The number of nitrogens with zero attached hydrogens (tertiary/aromatic N) is 5. The Morgan fingerprint density at radius 2 is 2.08 bits per heavy atom. The minimum absolute atomic E-state index is 0.0530. The van der Waals surface area contributed by atoms with E-state index in [0.717, 1.165) is 43.4 Å². The van der Waals surface area contributed by atoms with Crippen molar-refractivity contribution in [3.05, 3.63) is 36.5 Å². The number of hydrogen-bond acceptors (Lipinski definition) is 6. The van der Waals surface area contributed by atoms with Gasteiger partial charge in [-0.2, -0.15) is 0 Å². The first kappa shape index (κ1) is 25.7. The molecule has 1 aliphatic rings. The lowest BCUT2D eigenvalue weighted by molar-refractivity contribution is 0.175. The molecule has 2 amide bonds. The summed E-state index contributed by atoms with van der Waals surface area (Å²) in [6.45, 7) is 9.53. The summed E-state index contributed by atoms with van der Waals surface area (Å²) in [5.74, 6) is 1.60. The Labute approximate surface area is 213 Å². The normalized spacial score (nSPS) is 19.6. The third-order valence-electron chi connectivity index (χ3n) is 6.74. The van der Waals surface area contributed by atoms with E-state index in [9.17, 15) is 4.79 Å². The Hall–Kier alpha value is -3.36. The van der Waals surface area contributed by atoms with Gasteiger partial charge in [0.05, 0.1) is 37.3 Å². The topological polar surface area (TPSA) is 93.9 Å². The molecule has 0 fully saturated rings. The molecular weight excluding hydrogens is 456 g/mol. The summed E-state index contributed by atoms with van der Waals surface area (Å²) in [5, 5.41) is 3.31. The van der Waals surface area contributed by atoms with Gasteiger partial charge in [0.1, 0.15) is 5.75 Å². The number of imidazole rings is 1. The van der Waals surface area contributed by atoms with Crippen LogP contribution in [0.1, 0.15) is 71.5 Å². The Balaban J connectivity index is 1.77. The summed E-state index contributed by atoms with van der Waals surface area (Å²) < 4.78 is 13.7. The second-order valence-electron chi connectivity index (χ2n) is 9.83. The molecule has 194 valence electrons. The second kappa shape index (κ2) is 11.6. The molecule has 2 atom stereocenters. The standard InChI is InChI=1S/C27H38N6O3/c1-6-33-19(4)22-15-21(24(35-5)16-29-22)23-17-32-12-11-28-25(32)26(31-23)36-13-9-7-8-10-20(14-18(2)3)30-27(33)34/h11-12,15-20H,6-10,13-14H2,1-5H3,(H,30,34)/t19-,20?/m1/s1. The molecular formula is C27H38N6O3. The maximum absolute atomic E-state index is 13.4. The van der Waals surface area contributed by atoms with Crippen LogP contribution in [0, 0.1) is 5.92 Å². The van der Waals surface area contributed by atoms with Crippen LogP contribution in [-0.4, -0.2) is 56.6 Å². The molecule has 1 N–H and O–H groups in total. The second-order valence-corrected chi connectivity index (χ2v) is 9.83. The van der Waals surface area contributed by atoms with Gasteiger partial charge in [-0.25, -0.2) is 14.8 Å². The third-order valence-corrected chi connectivity index (χ3v) is 6.74. The Morgan fingerprint density at radius 3 is 2.83 bits per heavy atom. The highest BCUT2D eigenvalue weighted by Gasteiger charge is 2.25. The van der Waals surface area contributed by atoms with Crippen molar-refractivity contribution in [2.75, 3.05) is 20.3 Å². The van der Waals surface area contributed by atoms with Crippen molar-refractivity contribution >= 4 is 11.7 Å². The molecule has 0 aromatic carbocycles. The van der Waals surface area contributed by atoms with Crippen LogP contribution in [0.2, 0.25) is 0 Å². The van der Waals surface area contributed by atoms with E-state index < -0.39 is 0 Å². The fourth-order valence-electron chi connectivity index (χ4n) is 4.85. The van der Waals surface area contributed by atoms with Crippen LogP contribution in [0.15, 0.2) is 30.9 Å². The van der Waals surface area contributed by atoms with Gasteiger partial charge in [0.15, 0.2) is 0 Å². The summed E-state index contributed by atoms with van der Waals surface area (Å²) >= 11 is 0. The molecule has 9 heteroatoms. The zero-order valence-corrected chi connectivity index (χ0v) is 22.0. The van der Waals surface area contributed by atoms with E-state index >= 15 is 0 Å². The fraction of sp³-hybridized carbons (Fsp3) is 0.556. The lowest BCUT2D eigenvalue weighted by Crippen LogP contribution is -2.46. The molecule has 36 heavy (non-hydrogen) atoms. The van der Waals surface area contributed by atoms with Crippen LogP contribution in [-0.2, 0) is 0 Å². The van der Waals surface area contributed by atoms with Gasteiger partial charge in [-0.3, -0.25) is 4.98 Å². The van der Waals surface area contributed by atoms with Crippen LogP contribution in [0.5, 0.6) is 11.6 Å². The minimum atomic E-state index is -0.234. The van der Waals surface area contributed by atoms with Crippen molar-refractivity contribution in [3.8, 4) is 22.9 Å². The zero-order valence-electron chi connectivity index (χ0n) is 22.0. The molecule has 0 saturated heterocycles. The lowest BCUT2D eigenvalue weighted by atomic mass is 9.98. The van der Waals surface area contributed by atoms with E-state index in [1.54, 1.807) is 19.5 Å². The van der Waals surface area contributed by atoms with E-state index in [1.807, 2.05) is 41.6 Å². The first-order chi connectivity index (χ1) is 17.4. The van der Waals surface area contributed by atoms with Crippen molar-refractivity contribution in [2.45, 2.75) is 71.9 Å². The molecule has 4 heterocycles. The number of pyridine rings is 1. The van der Waals surface area contributed by atoms with Gasteiger partial charge in [-0.05, 0) is 51.5 Å². The highest BCUT2D eigenvalue weighted by Crippen LogP contribution is 2.33. The maximum atomic E-state index is 13.4. The summed E-state index contributed by atoms with van der Waals surface area (Å²) in [6.07, 6.45) is 12.1. The van der Waals surface area contributed by atoms with Crippen molar-refractivity contribution in [3.63, 3.8) is 0 Å². The molecule has 4 bridgehead atoms. The Kier molecular flexibility index (Phi) is 8.28. The summed E-state index contributed by atoms with van der Waals surface area (Å²) in [7, 11) is 1.62. The largest absolute Gasteiger partial charge is 0.494 e. The number of carbonyl (C=O) groups is 1. The number of fused-ring (bicyclic) bond motifs is 7. The average Bonchev–Trinajstić information content (AvgIpc) is 3.34. The minimum Gasteiger partial charge on any atom is -0.494 e. The number of carbonyl (C=O) groups excluding carboxylic acids is 1. The van der Waals surface area contributed by atoms with E-state index in [-0.39, 0.29) is 18.1 Å². The van der Waals surface area contributed by atoms with Gasteiger partial charge >= 0.3 is 6.03 Å². The zero-order chi connectivity index (χ0) is 25.7. The van der Waals surface area contributed by atoms with Crippen molar-refractivity contribution in [2.24, 2.45) is 5.92 Å². The predicted molar refractivity (Wildman–Crippen MR) is 139 cm³/mol. The van der Waals surface area contributed by atoms with Gasteiger partial charge in [0, 0.05) is 36.7 Å². The van der Waals surface area contributed by atoms with Crippen molar-refractivity contribution in [1.29, 1.82) is 0 Å². The van der Waals surface area contributed by atoms with Crippen LogP contribution >= 0.6 is 0 Å². The van der Waals surface area contributed by atoms with Gasteiger partial charge in [-0.15, -0.1) is 0 Å². The number of aromatic nitrogens is 4. The van der Waals surface area contributed by atoms with Gasteiger partial charge in [-0.1, -0.05) is 20.3 Å². The number of amides is 2. The van der Waals surface area contributed by atoms with E-state index in [4.69, 9.17) is 14.5 Å². The summed E-state index contributed by atoms with van der Waals surface area (Å²) in [4.78, 5) is 29.1. The van der Waals surface area contributed by atoms with Crippen LogP contribution < -0.4 is 14.8 Å². The molecule has 1 unspecified atom stereocenters. The highest BCUT2D eigenvalue weighted by molar-refractivity contribution is 5.75. The highest BCUT2D eigenvalue weighted by atomic mass is 16.5. The van der Waals surface area contributed by atoms with E-state index in [2.05, 4.69) is 29.1 Å². The molecule has 3 aromatic rings. The number of hydrogen-bond donors (Lipinski definition) is 1. The summed E-state index contributed by atoms with van der Waals surface area (Å²) in [6, 6.07) is 1.80. The number of ether oxygens (including phenoxy) is 2. The van der Waals surface area contributed by atoms with Crippen molar-refractivity contribution in [1.82, 2.24) is 29.6 Å². The average molecular weight is 495 g/mol. The maximum Gasteiger partial charge on any atom is 0.318 e. The quantitative estimate of drug-likeness (QED) is 0.532. The smallest absolute Gasteiger partial charge is 0.318 e. The molecule has 0 aliphatic carbocycles. The molecule has 0 radical (unpaired) electrons. The van der Waals surface area contributed by atoms with Gasteiger partial charge in [0.25, 0.3) is 5.88 Å².